The van der Waals surface area contributed by atoms with Gasteiger partial charge in [0.1, 0.15) is 12.3 Å². The van der Waals surface area contributed by atoms with Gasteiger partial charge in [-0.15, -0.1) is 0 Å². The fraction of sp³-hybridized carbons (Fsp3) is 0.417. The zero-order valence-corrected chi connectivity index (χ0v) is 10.8. The Morgan fingerprint density at radius 3 is 2.81 bits per heavy atom. The first-order valence-electron chi connectivity index (χ1n) is 6.13. The van der Waals surface area contributed by atoms with Gasteiger partial charge in [-0.25, -0.2) is 9.59 Å². The van der Waals surface area contributed by atoms with E-state index in [0.717, 1.165) is 22.9 Å². The van der Waals surface area contributed by atoms with E-state index < -0.39 is 42.3 Å². The van der Waals surface area contributed by atoms with Crippen molar-refractivity contribution in [2.45, 2.75) is 24.9 Å². The molecule has 0 aliphatic carbocycles. The van der Waals surface area contributed by atoms with Gasteiger partial charge in [0.15, 0.2) is 0 Å². The van der Waals surface area contributed by atoms with E-state index in [2.05, 4.69) is 0 Å². The first kappa shape index (κ1) is 15.2. The molecule has 0 aromatic carbocycles. The van der Waals surface area contributed by atoms with Crippen LogP contribution in [0.4, 0.5) is 0 Å². The Labute approximate surface area is 117 Å². The number of carboxylic acids is 1. The average Bonchev–Trinajstić information content (AvgIpc) is 2.78. The number of aromatic nitrogens is 2. The molecule has 1 saturated heterocycles. The molecular formula is C12H14N2O7. The van der Waals surface area contributed by atoms with E-state index in [1.54, 1.807) is 0 Å². The van der Waals surface area contributed by atoms with E-state index in [4.69, 9.17) is 14.9 Å². The van der Waals surface area contributed by atoms with Crippen molar-refractivity contribution in [1.29, 1.82) is 0 Å². The van der Waals surface area contributed by atoms with Crippen molar-refractivity contribution < 1.29 is 24.9 Å². The Kier molecular flexibility index (Phi) is 4.36. The molecule has 1 aromatic rings. The Morgan fingerprint density at radius 1 is 1.52 bits per heavy atom. The van der Waals surface area contributed by atoms with Crippen LogP contribution in [-0.2, 0) is 9.53 Å². The predicted octanol–water partition coefficient (Wildman–Crippen LogP) is -1.72. The molecular weight excluding hydrogens is 284 g/mol. The lowest BCUT2D eigenvalue weighted by atomic mass is 10.2. The van der Waals surface area contributed by atoms with Crippen LogP contribution in [0.1, 0.15) is 18.2 Å². The Hall–Kier alpha value is -2.23. The lowest BCUT2D eigenvalue weighted by molar-refractivity contribution is -0.131. The van der Waals surface area contributed by atoms with Gasteiger partial charge in [-0.2, -0.15) is 0 Å². The molecule has 9 nitrogen and oxygen atoms in total. The first-order valence-corrected chi connectivity index (χ1v) is 6.13. The number of aliphatic hydroxyl groups is 2. The van der Waals surface area contributed by atoms with Crippen molar-refractivity contribution in [2.75, 3.05) is 6.61 Å². The highest BCUT2D eigenvalue weighted by Crippen LogP contribution is 2.27. The maximum absolute atomic E-state index is 11.8. The van der Waals surface area contributed by atoms with Gasteiger partial charge in [-0.1, -0.05) is 0 Å². The molecule has 0 bridgehead atoms. The van der Waals surface area contributed by atoms with E-state index in [1.165, 1.54) is 0 Å². The number of nitrogens with zero attached hydrogens (tertiary/aromatic N) is 1. The van der Waals surface area contributed by atoms with E-state index in [1.807, 2.05) is 4.98 Å². The van der Waals surface area contributed by atoms with Gasteiger partial charge in [-0.3, -0.25) is 14.3 Å². The summed E-state index contributed by atoms with van der Waals surface area (Å²) < 4.78 is 6.35. The number of H-pyrrole nitrogens is 1. The standard InChI is InChI=1S/C12H14N2O7/c15-5-8-7(16)3-9(21-8)14-4-6(1-2-10(17)18)11(19)13-12(14)20/h1-2,4,7-9,15-16H,3,5H2,(H,17,18)(H,13,19,20)/b2-1+. The van der Waals surface area contributed by atoms with Gasteiger partial charge in [0.25, 0.3) is 5.56 Å². The van der Waals surface area contributed by atoms with Gasteiger partial charge in [0, 0.05) is 18.7 Å². The summed E-state index contributed by atoms with van der Waals surface area (Å²) in [5, 5.41) is 27.2. The van der Waals surface area contributed by atoms with Gasteiger partial charge < -0.3 is 20.1 Å². The maximum atomic E-state index is 11.8. The minimum Gasteiger partial charge on any atom is -0.478 e. The summed E-state index contributed by atoms with van der Waals surface area (Å²) in [6, 6.07) is 0. The summed E-state index contributed by atoms with van der Waals surface area (Å²) in [5.41, 5.74) is -1.52. The van der Waals surface area contributed by atoms with Crippen LogP contribution in [0.2, 0.25) is 0 Å². The van der Waals surface area contributed by atoms with Crippen molar-refractivity contribution in [1.82, 2.24) is 9.55 Å². The van der Waals surface area contributed by atoms with Crippen molar-refractivity contribution in [3.63, 3.8) is 0 Å². The number of nitrogens with one attached hydrogen (secondary N) is 1. The summed E-state index contributed by atoms with van der Waals surface area (Å²) >= 11 is 0. The average molecular weight is 298 g/mol. The SMILES string of the molecule is O=C(O)/C=C/c1cn(C2CC(O)C(CO)O2)c(=O)[nH]c1=O. The topological polar surface area (TPSA) is 142 Å². The maximum Gasteiger partial charge on any atom is 0.330 e. The van der Waals surface area contributed by atoms with Crippen molar-refractivity contribution in [3.05, 3.63) is 38.7 Å². The molecule has 9 heteroatoms. The number of rotatable bonds is 4. The van der Waals surface area contributed by atoms with Crippen LogP contribution in [0.5, 0.6) is 0 Å². The van der Waals surface area contributed by atoms with Gasteiger partial charge in [-0.05, 0) is 6.08 Å². The van der Waals surface area contributed by atoms with Crippen molar-refractivity contribution >= 4 is 12.0 Å². The Morgan fingerprint density at radius 2 is 2.24 bits per heavy atom. The summed E-state index contributed by atoms with van der Waals surface area (Å²) in [6.07, 6.45) is 0.436. The molecule has 0 spiro atoms. The van der Waals surface area contributed by atoms with Crippen molar-refractivity contribution in [3.8, 4) is 0 Å². The summed E-state index contributed by atoms with van der Waals surface area (Å²) in [5.74, 6) is -1.24. The molecule has 114 valence electrons. The van der Waals surface area contributed by atoms with Crippen LogP contribution in [-0.4, -0.2) is 49.7 Å². The van der Waals surface area contributed by atoms with Crippen LogP contribution in [0, 0.1) is 0 Å². The summed E-state index contributed by atoms with van der Waals surface area (Å²) in [4.78, 5) is 35.8. The normalized spacial score (nSPS) is 25.5. The minimum absolute atomic E-state index is 0.0393. The molecule has 3 unspecified atom stereocenters. The highest BCUT2D eigenvalue weighted by Gasteiger charge is 2.35. The van der Waals surface area contributed by atoms with Gasteiger partial charge in [0.05, 0.1) is 18.3 Å². The van der Waals surface area contributed by atoms with Crippen LogP contribution in [0.3, 0.4) is 0 Å². The number of carbonyl (C=O) groups is 1. The van der Waals surface area contributed by atoms with Crippen LogP contribution >= 0.6 is 0 Å². The van der Waals surface area contributed by atoms with Crippen molar-refractivity contribution in [2.24, 2.45) is 0 Å². The van der Waals surface area contributed by atoms with E-state index in [-0.39, 0.29) is 12.0 Å². The fourth-order valence-electron chi connectivity index (χ4n) is 2.04. The molecule has 0 amide bonds. The number of carboxylic acid groups (broad SMARTS) is 1. The van der Waals surface area contributed by atoms with Crippen LogP contribution in [0.15, 0.2) is 21.9 Å². The monoisotopic (exact) mass is 298 g/mol. The largest absolute Gasteiger partial charge is 0.478 e. The lowest BCUT2D eigenvalue weighted by Gasteiger charge is -2.14. The molecule has 1 aliphatic rings. The number of hydrogen-bond acceptors (Lipinski definition) is 6. The highest BCUT2D eigenvalue weighted by atomic mass is 16.5. The van der Waals surface area contributed by atoms with Crippen LogP contribution < -0.4 is 11.2 Å². The Balaban J connectivity index is 2.37. The van der Waals surface area contributed by atoms with E-state index in [9.17, 15) is 19.5 Å². The molecule has 2 rings (SSSR count). The number of aliphatic hydroxyl groups excluding tert-OH is 2. The number of ether oxygens (including phenoxy) is 1. The smallest absolute Gasteiger partial charge is 0.330 e. The van der Waals surface area contributed by atoms with E-state index >= 15 is 0 Å². The third-order valence-electron chi connectivity index (χ3n) is 3.10. The second kappa shape index (κ2) is 6.04. The lowest BCUT2D eigenvalue weighted by Crippen LogP contribution is -2.33. The molecule has 21 heavy (non-hydrogen) atoms. The minimum atomic E-state index is -1.24. The quantitative estimate of drug-likeness (QED) is 0.484. The molecule has 1 fully saturated rings. The van der Waals surface area contributed by atoms with Gasteiger partial charge >= 0.3 is 11.7 Å². The number of hydrogen-bond donors (Lipinski definition) is 4. The molecule has 3 atom stereocenters. The van der Waals surface area contributed by atoms with Crippen LogP contribution in [0.25, 0.3) is 6.08 Å². The zero-order chi connectivity index (χ0) is 15.6. The third-order valence-corrected chi connectivity index (χ3v) is 3.10. The third kappa shape index (κ3) is 3.27. The summed E-state index contributed by atoms with van der Waals surface area (Å²) in [6.45, 7) is -0.401. The second-order valence-electron chi connectivity index (χ2n) is 4.54. The Bertz CT molecular complexity index is 675. The molecule has 1 aromatic heterocycles. The zero-order valence-electron chi connectivity index (χ0n) is 10.8. The molecule has 4 N–H and O–H groups in total. The second-order valence-corrected chi connectivity index (χ2v) is 4.54. The van der Waals surface area contributed by atoms with Gasteiger partial charge in [0.2, 0.25) is 0 Å². The van der Waals surface area contributed by atoms with E-state index in [0.29, 0.717) is 0 Å². The molecule has 0 saturated carbocycles. The fourth-order valence-corrected chi connectivity index (χ4v) is 2.04. The molecule has 0 radical (unpaired) electrons. The molecule has 1 aliphatic heterocycles. The highest BCUT2D eigenvalue weighted by molar-refractivity contribution is 5.85. The predicted molar refractivity (Wildman–Crippen MR) is 69.6 cm³/mol. The summed E-state index contributed by atoms with van der Waals surface area (Å²) in [7, 11) is 0. The number of aromatic amines is 1. The molecule has 2 heterocycles. The number of aliphatic carboxylic acids is 1. The first-order chi connectivity index (χ1) is 9.92.